The Hall–Kier alpha value is -1.95. The van der Waals surface area contributed by atoms with E-state index in [2.05, 4.69) is 10.4 Å². The van der Waals surface area contributed by atoms with Crippen molar-refractivity contribution in [3.8, 4) is 0 Å². The van der Waals surface area contributed by atoms with E-state index in [4.69, 9.17) is 5.73 Å². The number of carbonyl (C=O) groups is 1. The Balaban J connectivity index is 2.16. The van der Waals surface area contributed by atoms with Gasteiger partial charge in [-0.25, -0.2) is 0 Å². The predicted molar refractivity (Wildman–Crippen MR) is 73.8 cm³/mol. The standard InChI is InChI=1S/C12H14N4OS/c1-16-11(10(13)7-14-16)12(17)15-8-3-5-9(18-2)6-4-8/h3-7H,13H2,1-2H3,(H,15,17). The Morgan fingerprint density at radius 1 is 1.39 bits per heavy atom. The minimum atomic E-state index is -0.260. The van der Waals surface area contributed by atoms with Crippen molar-refractivity contribution in [2.24, 2.45) is 7.05 Å². The van der Waals surface area contributed by atoms with E-state index >= 15 is 0 Å². The zero-order valence-corrected chi connectivity index (χ0v) is 11.0. The topological polar surface area (TPSA) is 72.9 Å². The van der Waals surface area contributed by atoms with Gasteiger partial charge >= 0.3 is 0 Å². The molecular formula is C12H14N4OS. The van der Waals surface area contributed by atoms with Crippen LogP contribution in [0.2, 0.25) is 0 Å². The Morgan fingerprint density at radius 3 is 2.56 bits per heavy atom. The van der Waals surface area contributed by atoms with Gasteiger partial charge in [0.25, 0.3) is 5.91 Å². The highest BCUT2D eigenvalue weighted by atomic mass is 32.2. The summed E-state index contributed by atoms with van der Waals surface area (Å²) in [4.78, 5) is 13.2. The average molecular weight is 262 g/mol. The summed E-state index contributed by atoms with van der Waals surface area (Å²) in [5.74, 6) is -0.260. The number of amides is 1. The SMILES string of the molecule is CSc1ccc(NC(=O)c2c(N)cnn2C)cc1. The van der Waals surface area contributed by atoms with Crippen LogP contribution in [-0.2, 0) is 7.05 Å². The molecule has 0 fully saturated rings. The lowest BCUT2D eigenvalue weighted by Gasteiger charge is -2.06. The van der Waals surface area contributed by atoms with Gasteiger partial charge in [0.1, 0.15) is 5.69 Å². The van der Waals surface area contributed by atoms with Gasteiger partial charge in [-0.05, 0) is 30.5 Å². The summed E-state index contributed by atoms with van der Waals surface area (Å²) >= 11 is 1.65. The number of nitrogens with two attached hydrogens (primary N) is 1. The van der Waals surface area contributed by atoms with Crippen LogP contribution in [0.3, 0.4) is 0 Å². The number of hydrogen-bond donors (Lipinski definition) is 2. The van der Waals surface area contributed by atoms with Crippen LogP contribution in [0.1, 0.15) is 10.5 Å². The van der Waals surface area contributed by atoms with Gasteiger partial charge in [0.15, 0.2) is 0 Å². The van der Waals surface area contributed by atoms with E-state index in [1.807, 2.05) is 30.5 Å². The Kier molecular flexibility index (Phi) is 3.57. The molecule has 0 unspecified atom stereocenters. The second-order valence-electron chi connectivity index (χ2n) is 3.75. The van der Waals surface area contributed by atoms with E-state index in [-0.39, 0.29) is 5.91 Å². The van der Waals surface area contributed by atoms with Gasteiger partial charge in [-0.2, -0.15) is 5.10 Å². The molecule has 6 heteroatoms. The number of aryl methyl sites for hydroxylation is 1. The molecule has 0 aliphatic heterocycles. The van der Waals surface area contributed by atoms with E-state index in [0.717, 1.165) is 10.6 Å². The zero-order valence-electron chi connectivity index (χ0n) is 10.2. The predicted octanol–water partition coefficient (Wildman–Crippen LogP) is 1.98. The number of thioether (sulfide) groups is 1. The molecule has 3 N–H and O–H groups in total. The lowest BCUT2D eigenvalue weighted by atomic mass is 10.3. The van der Waals surface area contributed by atoms with Crippen LogP contribution in [0, 0.1) is 0 Å². The molecule has 0 atom stereocenters. The molecule has 94 valence electrons. The van der Waals surface area contributed by atoms with Crippen LogP contribution >= 0.6 is 11.8 Å². The van der Waals surface area contributed by atoms with E-state index in [1.54, 1.807) is 18.8 Å². The largest absolute Gasteiger partial charge is 0.396 e. The van der Waals surface area contributed by atoms with E-state index < -0.39 is 0 Å². The van der Waals surface area contributed by atoms with Crippen molar-refractivity contribution >= 4 is 29.0 Å². The fraction of sp³-hybridized carbons (Fsp3) is 0.167. The highest BCUT2D eigenvalue weighted by molar-refractivity contribution is 7.98. The monoisotopic (exact) mass is 262 g/mol. The molecule has 0 radical (unpaired) electrons. The Morgan fingerprint density at radius 2 is 2.06 bits per heavy atom. The van der Waals surface area contributed by atoms with Crippen molar-refractivity contribution < 1.29 is 4.79 Å². The van der Waals surface area contributed by atoms with Gasteiger partial charge in [-0.15, -0.1) is 11.8 Å². The van der Waals surface area contributed by atoms with Crippen LogP contribution in [0.5, 0.6) is 0 Å². The van der Waals surface area contributed by atoms with Gasteiger partial charge in [0, 0.05) is 17.6 Å². The van der Waals surface area contributed by atoms with E-state index in [9.17, 15) is 4.79 Å². The third-order valence-corrected chi connectivity index (χ3v) is 3.27. The van der Waals surface area contributed by atoms with E-state index in [0.29, 0.717) is 11.4 Å². The van der Waals surface area contributed by atoms with Crippen LogP contribution in [0.25, 0.3) is 0 Å². The first-order chi connectivity index (χ1) is 8.61. The first-order valence-corrected chi connectivity index (χ1v) is 6.57. The molecule has 5 nitrogen and oxygen atoms in total. The van der Waals surface area contributed by atoms with Crippen molar-refractivity contribution in [2.75, 3.05) is 17.3 Å². The lowest BCUT2D eigenvalue weighted by molar-refractivity contribution is 0.101. The van der Waals surface area contributed by atoms with Gasteiger partial charge in [-0.1, -0.05) is 0 Å². The number of hydrogen-bond acceptors (Lipinski definition) is 4. The van der Waals surface area contributed by atoms with Gasteiger partial charge in [0.2, 0.25) is 0 Å². The third-order valence-electron chi connectivity index (χ3n) is 2.53. The van der Waals surface area contributed by atoms with Crippen molar-refractivity contribution in [3.05, 3.63) is 36.2 Å². The summed E-state index contributed by atoms with van der Waals surface area (Å²) in [6.45, 7) is 0. The number of nitrogen functional groups attached to an aromatic ring is 1. The quantitative estimate of drug-likeness (QED) is 0.830. The summed E-state index contributed by atoms with van der Waals surface area (Å²) in [5.41, 5.74) is 7.16. The fourth-order valence-corrected chi connectivity index (χ4v) is 2.01. The Labute approximate surface area is 109 Å². The van der Waals surface area contributed by atoms with Gasteiger partial charge in [0.05, 0.1) is 11.9 Å². The molecular weight excluding hydrogens is 248 g/mol. The summed E-state index contributed by atoms with van der Waals surface area (Å²) in [6, 6.07) is 7.62. The molecule has 1 amide bonds. The molecule has 1 aromatic heterocycles. The molecule has 0 bridgehead atoms. The van der Waals surface area contributed by atoms with E-state index in [1.165, 1.54) is 10.9 Å². The highest BCUT2D eigenvalue weighted by Crippen LogP contribution is 2.18. The minimum absolute atomic E-state index is 0.260. The molecule has 0 saturated carbocycles. The van der Waals surface area contributed by atoms with Crippen molar-refractivity contribution in [1.29, 1.82) is 0 Å². The second-order valence-corrected chi connectivity index (χ2v) is 4.63. The number of rotatable bonds is 3. The molecule has 0 aliphatic rings. The summed E-state index contributed by atoms with van der Waals surface area (Å²) in [6.07, 6.45) is 3.47. The number of benzene rings is 1. The van der Waals surface area contributed by atoms with Crippen LogP contribution in [0.4, 0.5) is 11.4 Å². The summed E-state index contributed by atoms with van der Waals surface area (Å²) in [5, 5.41) is 6.72. The Bertz CT molecular complexity index is 542. The van der Waals surface area contributed by atoms with Crippen molar-refractivity contribution in [1.82, 2.24) is 9.78 Å². The second kappa shape index (κ2) is 5.14. The molecule has 0 saturated heterocycles. The maximum atomic E-state index is 12.0. The summed E-state index contributed by atoms with van der Waals surface area (Å²) < 4.78 is 1.46. The minimum Gasteiger partial charge on any atom is -0.396 e. The molecule has 18 heavy (non-hydrogen) atoms. The first kappa shape index (κ1) is 12.5. The molecule has 0 aliphatic carbocycles. The maximum Gasteiger partial charge on any atom is 0.276 e. The van der Waals surface area contributed by atoms with Crippen molar-refractivity contribution in [3.63, 3.8) is 0 Å². The number of carbonyl (C=O) groups excluding carboxylic acids is 1. The highest BCUT2D eigenvalue weighted by Gasteiger charge is 2.14. The summed E-state index contributed by atoms with van der Waals surface area (Å²) in [7, 11) is 1.68. The molecule has 1 heterocycles. The number of aromatic nitrogens is 2. The third kappa shape index (κ3) is 2.48. The average Bonchev–Trinajstić information content (AvgIpc) is 2.70. The van der Waals surface area contributed by atoms with Gasteiger partial charge in [-0.3, -0.25) is 9.48 Å². The number of nitrogens with zero attached hydrogens (tertiary/aromatic N) is 2. The van der Waals surface area contributed by atoms with Crippen LogP contribution in [0.15, 0.2) is 35.4 Å². The molecule has 0 spiro atoms. The molecule has 2 rings (SSSR count). The normalized spacial score (nSPS) is 10.3. The van der Waals surface area contributed by atoms with Crippen LogP contribution in [-0.4, -0.2) is 21.9 Å². The molecule has 1 aromatic carbocycles. The van der Waals surface area contributed by atoms with Gasteiger partial charge < -0.3 is 11.1 Å². The number of anilines is 2. The zero-order chi connectivity index (χ0) is 13.1. The maximum absolute atomic E-state index is 12.0. The lowest BCUT2D eigenvalue weighted by Crippen LogP contribution is -2.17. The smallest absolute Gasteiger partial charge is 0.276 e. The number of nitrogens with one attached hydrogen (secondary N) is 1. The van der Waals surface area contributed by atoms with Crippen LogP contribution < -0.4 is 11.1 Å². The fourth-order valence-electron chi connectivity index (χ4n) is 1.60. The molecule has 2 aromatic rings. The van der Waals surface area contributed by atoms with Crippen molar-refractivity contribution in [2.45, 2.75) is 4.90 Å². The first-order valence-electron chi connectivity index (χ1n) is 5.34.